The molecule has 0 saturated heterocycles. The summed E-state index contributed by atoms with van der Waals surface area (Å²) in [4.78, 5) is 35.7. The predicted octanol–water partition coefficient (Wildman–Crippen LogP) is 0.457. The molecule has 0 aromatic heterocycles. The van der Waals surface area contributed by atoms with Crippen LogP contribution >= 0.6 is 0 Å². The fourth-order valence-electron chi connectivity index (χ4n) is 2.55. The average molecular weight is 270 g/mol. The number of hydrogen-bond donors (Lipinski definition) is 2. The van der Waals surface area contributed by atoms with Gasteiger partial charge in [-0.1, -0.05) is 13.8 Å². The van der Waals surface area contributed by atoms with E-state index in [0.29, 0.717) is 25.8 Å². The molecule has 0 aliphatic heterocycles. The molecule has 0 heterocycles. The second-order valence-corrected chi connectivity index (χ2v) is 5.62. The number of aliphatic carboxylic acids is 1. The maximum absolute atomic E-state index is 12.3. The number of carbonyl (C=O) groups is 3. The summed E-state index contributed by atoms with van der Waals surface area (Å²) in [7, 11) is 0. The standard InChI is InChI=1S/C13H22N2O4/c1-8(2)6-15(7-11(14)16)12(17)9-3-4-10(5-9)13(18)19/h8-10H,3-7H2,1-2H3,(H2,14,16)(H,18,19)/t9-,10+/m1/s1. The third-order valence-corrected chi connectivity index (χ3v) is 3.38. The molecule has 0 bridgehead atoms. The van der Waals surface area contributed by atoms with Crippen molar-refractivity contribution in [3.63, 3.8) is 0 Å². The molecule has 108 valence electrons. The quantitative estimate of drug-likeness (QED) is 0.732. The van der Waals surface area contributed by atoms with Gasteiger partial charge in [0.05, 0.1) is 12.5 Å². The van der Waals surface area contributed by atoms with Crippen molar-refractivity contribution >= 4 is 17.8 Å². The smallest absolute Gasteiger partial charge is 0.306 e. The molecule has 19 heavy (non-hydrogen) atoms. The van der Waals surface area contributed by atoms with Gasteiger partial charge in [0.1, 0.15) is 0 Å². The van der Waals surface area contributed by atoms with Crippen molar-refractivity contribution in [1.29, 1.82) is 0 Å². The van der Waals surface area contributed by atoms with Crippen molar-refractivity contribution in [2.24, 2.45) is 23.5 Å². The summed E-state index contributed by atoms with van der Waals surface area (Å²) in [5, 5.41) is 8.94. The normalized spacial score (nSPS) is 22.5. The van der Waals surface area contributed by atoms with Gasteiger partial charge in [-0.25, -0.2) is 0 Å². The van der Waals surface area contributed by atoms with Gasteiger partial charge >= 0.3 is 5.97 Å². The highest BCUT2D eigenvalue weighted by Crippen LogP contribution is 2.32. The van der Waals surface area contributed by atoms with Crippen molar-refractivity contribution in [2.45, 2.75) is 33.1 Å². The maximum Gasteiger partial charge on any atom is 0.306 e. The van der Waals surface area contributed by atoms with Gasteiger partial charge in [-0.3, -0.25) is 14.4 Å². The molecule has 2 atom stereocenters. The SMILES string of the molecule is CC(C)CN(CC(N)=O)C(=O)[C@@H]1CC[C@H](C(=O)O)C1. The topological polar surface area (TPSA) is 101 Å². The predicted molar refractivity (Wildman–Crippen MR) is 69.1 cm³/mol. The van der Waals surface area contributed by atoms with E-state index in [1.807, 2.05) is 13.8 Å². The third-order valence-electron chi connectivity index (χ3n) is 3.38. The lowest BCUT2D eigenvalue weighted by molar-refractivity contribution is -0.142. The number of amides is 2. The molecule has 3 N–H and O–H groups in total. The Hall–Kier alpha value is -1.59. The lowest BCUT2D eigenvalue weighted by atomic mass is 10.0. The van der Waals surface area contributed by atoms with E-state index in [0.717, 1.165) is 0 Å². The van der Waals surface area contributed by atoms with E-state index >= 15 is 0 Å². The highest BCUT2D eigenvalue weighted by atomic mass is 16.4. The van der Waals surface area contributed by atoms with Gasteiger partial charge in [0, 0.05) is 12.5 Å². The van der Waals surface area contributed by atoms with Crippen LogP contribution in [0.3, 0.4) is 0 Å². The van der Waals surface area contributed by atoms with E-state index < -0.39 is 17.8 Å². The van der Waals surface area contributed by atoms with Crippen LogP contribution in [0.4, 0.5) is 0 Å². The summed E-state index contributed by atoms with van der Waals surface area (Å²) in [6.45, 7) is 4.28. The number of carbonyl (C=O) groups excluding carboxylic acids is 2. The Morgan fingerprint density at radius 3 is 2.26 bits per heavy atom. The lowest BCUT2D eigenvalue weighted by Gasteiger charge is -2.26. The molecule has 1 aliphatic carbocycles. The number of hydrogen-bond acceptors (Lipinski definition) is 3. The summed E-state index contributed by atoms with van der Waals surface area (Å²) >= 11 is 0. The van der Waals surface area contributed by atoms with Crippen molar-refractivity contribution in [2.75, 3.05) is 13.1 Å². The van der Waals surface area contributed by atoms with Crippen molar-refractivity contribution in [3.8, 4) is 0 Å². The zero-order chi connectivity index (χ0) is 14.6. The van der Waals surface area contributed by atoms with E-state index in [2.05, 4.69) is 0 Å². The molecule has 1 rings (SSSR count). The second kappa shape index (κ2) is 6.54. The fourth-order valence-corrected chi connectivity index (χ4v) is 2.55. The minimum Gasteiger partial charge on any atom is -0.481 e. The summed E-state index contributed by atoms with van der Waals surface area (Å²) in [6, 6.07) is 0. The number of carboxylic acid groups (broad SMARTS) is 1. The molecule has 2 amide bonds. The largest absolute Gasteiger partial charge is 0.481 e. The molecule has 0 spiro atoms. The van der Waals surface area contributed by atoms with Crippen LogP contribution in [0, 0.1) is 17.8 Å². The monoisotopic (exact) mass is 270 g/mol. The number of primary amides is 1. The number of rotatable bonds is 6. The molecule has 1 fully saturated rings. The summed E-state index contributed by atoms with van der Waals surface area (Å²) < 4.78 is 0. The number of nitrogens with zero attached hydrogens (tertiary/aromatic N) is 1. The Balaban J connectivity index is 2.66. The molecule has 1 saturated carbocycles. The second-order valence-electron chi connectivity index (χ2n) is 5.62. The Morgan fingerprint density at radius 1 is 1.26 bits per heavy atom. The first kappa shape index (κ1) is 15.5. The summed E-state index contributed by atoms with van der Waals surface area (Å²) in [5.74, 6) is -2.03. The van der Waals surface area contributed by atoms with Crippen LogP contribution in [0.2, 0.25) is 0 Å². The zero-order valence-electron chi connectivity index (χ0n) is 11.5. The molecule has 6 nitrogen and oxygen atoms in total. The van der Waals surface area contributed by atoms with Crippen LogP contribution in [0.15, 0.2) is 0 Å². The van der Waals surface area contributed by atoms with Gasteiger partial charge in [-0.05, 0) is 25.2 Å². The van der Waals surface area contributed by atoms with E-state index in [1.54, 1.807) is 0 Å². The van der Waals surface area contributed by atoms with Crippen LogP contribution in [0.25, 0.3) is 0 Å². The molecule has 0 aromatic carbocycles. The Morgan fingerprint density at radius 2 is 1.84 bits per heavy atom. The Labute approximate surface area is 112 Å². The van der Waals surface area contributed by atoms with Crippen LogP contribution in [0.5, 0.6) is 0 Å². The van der Waals surface area contributed by atoms with Gasteiger partial charge in [0.25, 0.3) is 0 Å². The highest BCUT2D eigenvalue weighted by Gasteiger charge is 2.36. The van der Waals surface area contributed by atoms with Gasteiger partial charge in [-0.2, -0.15) is 0 Å². The highest BCUT2D eigenvalue weighted by molar-refractivity contribution is 5.86. The summed E-state index contributed by atoms with van der Waals surface area (Å²) in [6.07, 6.45) is 1.46. The van der Waals surface area contributed by atoms with Crippen molar-refractivity contribution in [3.05, 3.63) is 0 Å². The molecular formula is C13H22N2O4. The Bertz CT molecular complexity index is 368. The minimum atomic E-state index is -0.847. The Kier molecular flexibility index (Phi) is 5.32. The average Bonchev–Trinajstić information content (AvgIpc) is 2.75. The molecule has 6 heteroatoms. The number of nitrogens with two attached hydrogens (primary N) is 1. The van der Waals surface area contributed by atoms with Crippen LogP contribution in [-0.2, 0) is 14.4 Å². The first-order chi connectivity index (χ1) is 8.81. The molecular weight excluding hydrogens is 248 g/mol. The molecule has 1 aliphatic rings. The van der Waals surface area contributed by atoms with E-state index in [1.165, 1.54) is 4.90 Å². The van der Waals surface area contributed by atoms with Crippen LogP contribution in [-0.4, -0.2) is 40.9 Å². The van der Waals surface area contributed by atoms with Gasteiger partial charge in [-0.15, -0.1) is 0 Å². The zero-order valence-corrected chi connectivity index (χ0v) is 11.5. The first-order valence-corrected chi connectivity index (χ1v) is 6.61. The van der Waals surface area contributed by atoms with E-state index in [-0.39, 0.29) is 24.3 Å². The first-order valence-electron chi connectivity index (χ1n) is 6.61. The van der Waals surface area contributed by atoms with Crippen molar-refractivity contribution in [1.82, 2.24) is 4.90 Å². The van der Waals surface area contributed by atoms with Crippen LogP contribution in [0.1, 0.15) is 33.1 Å². The maximum atomic E-state index is 12.3. The summed E-state index contributed by atoms with van der Waals surface area (Å²) in [5.41, 5.74) is 5.15. The van der Waals surface area contributed by atoms with E-state index in [4.69, 9.17) is 10.8 Å². The minimum absolute atomic E-state index is 0.0920. The number of carboxylic acids is 1. The van der Waals surface area contributed by atoms with Crippen LogP contribution < -0.4 is 5.73 Å². The van der Waals surface area contributed by atoms with Crippen molar-refractivity contribution < 1.29 is 19.5 Å². The lowest BCUT2D eigenvalue weighted by Crippen LogP contribution is -2.43. The molecule has 0 unspecified atom stereocenters. The fraction of sp³-hybridized carbons (Fsp3) is 0.769. The van der Waals surface area contributed by atoms with Gasteiger partial charge in [0.15, 0.2) is 0 Å². The van der Waals surface area contributed by atoms with Gasteiger partial charge < -0.3 is 15.7 Å². The molecule has 0 radical (unpaired) electrons. The third kappa shape index (κ3) is 4.54. The molecule has 0 aromatic rings. The van der Waals surface area contributed by atoms with Gasteiger partial charge in [0.2, 0.25) is 11.8 Å². The van der Waals surface area contributed by atoms with E-state index in [9.17, 15) is 14.4 Å².